The number of carbonyl (C=O) groups excluding carboxylic acids is 2. The topological polar surface area (TPSA) is 55.4 Å². The lowest BCUT2D eigenvalue weighted by Gasteiger charge is -2.09. The zero-order valence-corrected chi connectivity index (χ0v) is 15.9. The van der Waals surface area contributed by atoms with Crippen molar-refractivity contribution in [3.05, 3.63) is 52.4 Å². The minimum atomic E-state index is -0.376. The van der Waals surface area contributed by atoms with Crippen molar-refractivity contribution in [2.45, 2.75) is 45.4 Å². The molecule has 1 saturated carbocycles. The molecule has 0 saturated heterocycles. The molecule has 4 nitrogen and oxygen atoms in total. The first-order chi connectivity index (χ1) is 12.7. The Balaban J connectivity index is 1.74. The maximum Gasteiger partial charge on any atom is 0.341 e. The largest absolute Gasteiger partial charge is 0.462 e. The van der Waals surface area contributed by atoms with Gasteiger partial charge in [0.2, 0.25) is 5.91 Å². The summed E-state index contributed by atoms with van der Waals surface area (Å²) in [5.41, 5.74) is 1.63. The molecular weight excluding hydrogens is 346 g/mol. The average molecular weight is 372 g/mol. The van der Waals surface area contributed by atoms with E-state index >= 15 is 0 Å². The van der Waals surface area contributed by atoms with Crippen LogP contribution in [0.5, 0.6) is 0 Å². The van der Waals surface area contributed by atoms with Gasteiger partial charge in [-0.1, -0.05) is 43.2 Å². The smallest absolute Gasteiger partial charge is 0.341 e. The number of benzene rings is 1. The van der Waals surface area contributed by atoms with Gasteiger partial charge in [0.05, 0.1) is 12.2 Å². The number of anilines is 1. The van der Waals surface area contributed by atoms with E-state index in [-0.39, 0.29) is 11.9 Å². The van der Waals surface area contributed by atoms with E-state index in [0.29, 0.717) is 29.5 Å². The fourth-order valence-electron chi connectivity index (χ4n) is 3.43. The molecule has 0 unspecified atom stereocenters. The number of hydrogen-bond donors (Lipinski definition) is 1. The Morgan fingerprint density at radius 3 is 2.62 bits per heavy atom. The molecule has 1 aliphatic carbocycles. The molecule has 2 aromatic rings. The first kappa shape index (κ1) is 18.6. The van der Waals surface area contributed by atoms with E-state index in [4.69, 9.17) is 4.74 Å². The van der Waals surface area contributed by atoms with Crippen molar-refractivity contribution in [1.82, 2.24) is 0 Å². The number of esters is 1. The lowest BCUT2D eigenvalue weighted by molar-refractivity contribution is -0.117. The number of thiophene rings is 1. The molecule has 1 aromatic heterocycles. The molecule has 5 heteroatoms. The highest BCUT2D eigenvalue weighted by atomic mass is 32.1. The van der Waals surface area contributed by atoms with Crippen LogP contribution >= 0.6 is 11.3 Å². The molecule has 3 rings (SSSR count). The van der Waals surface area contributed by atoms with Gasteiger partial charge in [0.1, 0.15) is 5.00 Å². The highest BCUT2D eigenvalue weighted by Gasteiger charge is 2.22. The molecule has 0 bridgehead atoms. The van der Waals surface area contributed by atoms with Crippen LogP contribution in [0, 0.1) is 5.92 Å². The van der Waals surface area contributed by atoms with Gasteiger partial charge >= 0.3 is 5.97 Å². The number of carbonyl (C=O) groups is 2. The molecule has 0 spiro atoms. The van der Waals surface area contributed by atoms with E-state index in [1.807, 2.05) is 24.3 Å². The van der Waals surface area contributed by atoms with Crippen molar-refractivity contribution in [2.75, 3.05) is 11.9 Å². The fourth-order valence-corrected chi connectivity index (χ4v) is 4.53. The Kier molecular flexibility index (Phi) is 6.45. The van der Waals surface area contributed by atoms with E-state index in [2.05, 4.69) is 17.4 Å². The summed E-state index contributed by atoms with van der Waals surface area (Å²) in [6, 6.07) is 11.9. The average Bonchev–Trinajstić information content (AvgIpc) is 3.26. The van der Waals surface area contributed by atoms with E-state index in [0.717, 1.165) is 24.1 Å². The molecule has 1 N–H and O–H groups in total. The van der Waals surface area contributed by atoms with Crippen LogP contribution in [0.1, 0.15) is 59.8 Å². The summed E-state index contributed by atoms with van der Waals surface area (Å²) in [5.74, 6) is 0.0968. The molecule has 1 aromatic carbocycles. The zero-order valence-electron chi connectivity index (χ0n) is 15.1. The minimum Gasteiger partial charge on any atom is -0.462 e. The summed E-state index contributed by atoms with van der Waals surface area (Å²) in [6.07, 6.45) is 5.95. The summed E-state index contributed by atoms with van der Waals surface area (Å²) in [6.45, 7) is 2.10. The number of ether oxygens (including phenoxy) is 1. The van der Waals surface area contributed by atoms with Crippen LogP contribution in [0.15, 0.2) is 36.4 Å². The van der Waals surface area contributed by atoms with Gasteiger partial charge in [0, 0.05) is 17.7 Å². The standard InChI is InChI=1S/C21H25NO3S/c1-2-25-21(24)18-14-17(12-15-8-4-3-5-9-15)26-20(18)22-19(23)13-16-10-6-7-11-16/h3-5,8-9,14,16H,2,6-7,10-13H2,1H3,(H,22,23). The lowest BCUT2D eigenvalue weighted by Crippen LogP contribution is -2.16. The van der Waals surface area contributed by atoms with Gasteiger partial charge in [-0.25, -0.2) is 4.79 Å². The second-order valence-corrected chi connectivity index (χ2v) is 7.88. The van der Waals surface area contributed by atoms with Crippen LogP contribution in [0.25, 0.3) is 0 Å². The summed E-state index contributed by atoms with van der Waals surface area (Å²) in [7, 11) is 0. The van der Waals surface area contributed by atoms with Gasteiger partial charge in [-0.3, -0.25) is 4.79 Å². The van der Waals surface area contributed by atoms with Gasteiger partial charge in [-0.15, -0.1) is 11.3 Å². The van der Waals surface area contributed by atoms with Gasteiger partial charge in [-0.05, 0) is 37.3 Å². The highest BCUT2D eigenvalue weighted by Crippen LogP contribution is 2.32. The number of hydrogen-bond acceptors (Lipinski definition) is 4. The Bertz CT molecular complexity index is 748. The predicted molar refractivity (Wildman–Crippen MR) is 105 cm³/mol. The summed E-state index contributed by atoms with van der Waals surface area (Å²) in [4.78, 5) is 25.7. The molecule has 1 heterocycles. The minimum absolute atomic E-state index is 0.00411. The maximum absolute atomic E-state index is 12.4. The van der Waals surface area contributed by atoms with E-state index < -0.39 is 0 Å². The maximum atomic E-state index is 12.4. The van der Waals surface area contributed by atoms with Crippen LogP contribution in [-0.2, 0) is 16.0 Å². The first-order valence-corrected chi connectivity index (χ1v) is 10.1. The third-order valence-electron chi connectivity index (χ3n) is 4.70. The Morgan fingerprint density at radius 1 is 1.19 bits per heavy atom. The van der Waals surface area contributed by atoms with Crippen molar-refractivity contribution in [2.24, 2.45) is 5.92 Å². The van der Waals surface area contributed by atoms with Crippen molar-refractivity contribution in [1.29, 1.82) is 0 Å². The van der Waals surface area contributed by atoms with E-state index in [9.17, 15) is 9.59 Å². The van der Waals surface area contributed by atoms with Crippen LogP contribution in [-0.4, -0.2) is 18.5 Å². The van der Waals surface area contributed by atoms with Crippen molar-refractivity contribution in [3.8, 4) is 0 Å². The van der Waals surface area contributed by atoms with Gasteiger partial charge < -0.3 is 10.1 Å². The molecule has 138 valence electrons. The normalized spacial score (nSPS) is 14.3. The molecule has 0 aliphatic heterocycles. The van der Waals surface area contributed by atoms with Crippen LogP contribution in [0.4, 0.5) is 5.00 Å². The Morgan fingerprint density at radius 2 is 1.92 bits per heavy atom. The molecule has 26 heavy (non-hydrogen) atoms. The van der Waals surface area contributed by atoms with E-state index in [1.54, 1.807) is 6.92 Å². The fraction of sp³-hybridized carbons (Fsp3) is 0.429. The molecule has 1 aliphatic rings. The number of amides is 1. The highest BCUT2D eigenvalue weighted by molar-refractivity contribution is 7.16. The van der Waals surface area contributed by atoms with Gasteiger partial charge in [0.15, 0.2) is 0 Å². The Labute approximate surface area is 158 Å². The molecule has 0 radical (unpaired) electrons. The van der Waals surface area contributed by atoms with Crippen LogP contribution < -0.4 is 5.32 Å². The monoisotopic (exact) mass is 371 g/mol. The zero-order chi connectivity index (χ0) is 18.4. The molecular formula is C21H25NO3S. The summed E-state index contributed by atoms with van der Waals surface area (Å²) < 4.78 is 5.16. The van der Waals surface area contributed by atoms with Gasteiger partial charge in [0.25, 0.3) is 0 Å². The quantitative estimate of drug-likeness (QED) is 0.694. The first-order valence-electron chi connectivity index (χ1n) is 9.29. The molecule has 1 fully saturated rings. The second-order valence-electron chi connectivity index (χ2n) is 6.74. The van der Waals surface area contributed by atoms with Crippen LogP contribution in [0.3, 0.4) is 0 Å². The Hall–Kier alpha value is -2.14. The molecule has 1 amide bonds. The third kappa shape index (κ3) is 4.94. The predicted octanol–water partition coefficient (Wildman–Crippen LogP) is 5.03. The summed E-state index contributed by atoms with van der Waals surface area (Å²) in [5, 5.41) is 3.57. The van der Waals surface area contributed by atoms with Crippen molar-refractivity contribution in [3.63, 3.8) is 0 Å². The van der Waals surface area contributed by atoms with Crippen LogP contribution in [0.2, 0.25) is 0 Å². The van der Waals surface area contributed by atoms with Crippen molar-refractivity contribution < 1.29 is 14.3 Å². The van der Waals surface area contributed by atoms with Gasteiger partial charge in [-0.2, -0.15) is 0 Å². The number of nitrogens with one attached hydrogen (secondary N) is 1. The molecule has 0 atom stereocenters. The summed E-state index contributed by atoms with van der Waals surface area (Å²) >= 11 is 1.46. The van der Waals surface area contributed by atoms with E-state index in [1.165, 1.54) is 29.7 Å². The number of rotatable bonds is 7. The second kappa shape index (κ2) is 8.99. The lowest BCUT2D eigenvalue weighted by atomic mass is 10.0. The SMILES string of the molecule is CCOC(=O)c1cc(Cc2ccccc2)sc1NC(=O)CC1CCCC1. The van der Waals surface area contributed by atoms with Crippen molar-refractivity contribution >= 4 is 28.2 Å². The third-order valence-corrected chi connectivity index (χ3v) is 5.75.